The zero-order chi connectivity index (χ0) is 17.6. The van der Waals surface area contributed by atoms with Crippen molar-refractivity contribution in [1.29, 1.82) is 0 Å². The van der Waals surface area contributed by atoms with E-state index in [2.05, 4.69) is 20.8 Å². The van der Waals surface area contributed by atoms with Crippen LogP contribution < -0.4 is 10.7 Å². The topological polar surface area (TPSA) is 82.9 Å². The van der Waals surface area contributed by atoms with Crippen LogP contribution in [0.1, 0.15) is 17.3 Å². The Bertz CT molecular complexity index is 829. The SMILES string of the molecule is CC1CN=C(/C(=N/Nc2ccccc2)C(=O)c2ccccc2)C(=O)N1. The van der Waals surface area contributed by atoms with Crippen LogP contribution in [0.2, 0.25) is 0 Å². The highest BCUT2D eigenvalue weighted by Gasteiger charge is 2.29. The summed E-state index contributed by atoms with van der Waals surface area (Å²) in [5, 5.41) is 6.98. The fourth-order valence-electron chi connectivity index (χ4n) is 2.39. The van der Waals surface area contributed by atoms with E-state index in [0.717, 1.165) is 0 Å². The summed E-state index contributed by atoms with van der Waals surface area (Å²) in [6.07, 6.45) is 0. The Hall–Kier alpha value is -3.28. The summed E-state index contributed by atoms with van der Waals surface area (Å²) in [6.45, 7) is 2.27. The Labute approximate surface area is 145 Å². The smallest absolute Gasteiger partial charge is 0.272 e. The number of hydrogen-bond donors (Lipinski definition) is 2. The van der Waals surface area contributed by atoms with Crippen molar-refractivity contribution in [1.82, 2.24) is 5.32 Å². The van der Waals surface area contributed by atoms with Gasteiger partial charge in [-0.15, -0.1) is 0 Å². The Kier molecular flexibility index (Phi) is 4.99. The van der Waals surface area contributed by atoms with Gasteiger partial charge in [0.05, 0.1) is 12.2 Å². The van der Waals surface area contributed by atoms with Crippen molar-refractivity contribution in [3.63, 3.8) is 0 Å². The third-order valence-corrected chi connectivity index (χ3v) is 3.66. The van der Waals surface area contributed by atoms with Gasteiger partial charge in [0.25, 0.3) is 5.91 Å². The molecule has 0 saturated heterocycles. The van der Waals surface area contributed by atoms with Crippen LogP contribution in [0.25, 0.3) is 0 Å². The number of aliphatic imine (C=N–C) groups is 1. The Morgan fingerprint density at radius 2 is 1.76 bits per heavy atom. The number of ketones is 1. The molecule has 0 aromatic heterocycles. The summed E-state index contributed by atoms with van der Waals surface area (Å²) >= 11 is 0. The quantitative estimate of drug-likeness (QED) is 0.500. The summed E-state index contributed by atoms with van der Waals surface area (Å²) in [4.78, 5) is 29.4. The molecule has 1 aliphatic rings. The van der Waals surface area contributed by atoms with Crippen LogP contribution in [-0.4, -0.2) is 35.7 Å². The first-order chi connectivity index (χ1) is 12.1. The minimum atomic E-state index is -0.392. The Morgan fingerprint density at radius 1 is 1.12 bits per heavy atom. The normalized spacial score (nSPS) is 17.5. The van der Waals surface area contributed by atoms with Gasteiger partial charge in [0, 0.05) is 11.6 Å². The van der Waals surface area contributed by atoms with Gasteiger partial charge < -0.3 is 5.32 Å². The number of Topliss-reactive ketones (excluding diaryl/α,β-unsaturated/α-hetero) is 1. The molecule has 2 aromatic carbocycles. The molecular formula is C19H18N4O2. The van der Waals surface area contributed by atoms with E-state index in [1.54, 1.807) is 24.3 Å². The number of anilines is 1. The van der Waals surface area contributed by atoms with Gasteiger partial charge in [-0.3, -0.25) is 20.0 Å². The van der Waals surface area contributed by atoms with Gasteiger partial charge in [-0.1, -0.05) is 48.5 Å². The lowest BCUT2D eigenvalue weighted by molar-refractivity contribution is -0.115. The number of para-hydroxylation sites is 1. The molecule has 0 aliphatic carbocycles. The first-order valence-corrected chi connectivity index (χ1v) is 7.99. The molecule has 2 N–H and O–H groups in total. The number of carbonyl (C=O) groups excluding carboxylic acids is 2. The Balaban J connectivity index is 1.96. The zero-order valence-electron chi connectivity index (χ0n) is 13.8. The second kappa shape index (κ2) is 7.53. The molecule has 3 rings (SSSR count). The van der Waals surface area contributed by atoms with Crippen molar-refractivity contribution < 1.29 is 9.59 Å². The summed E-state index contributed by atoms with van der Waals surface area (Å²) in [5.41, 5.74) is 4.04. The van der Waals surface area contributed by atoms with E-state index in [-0.39, 0.29) is 23.2 Å². The molecule has 0 fully saturated rings. The molecule has 1 amide bonds. The zero-order valence-corrected chi connectivity index (χ0v) is 13.8. The standard InChI is InChI=1S/C19H18N4O2/c1-13-12-20-17(19(25)21-13)16(18(24)14-8-4-2-5-9-14)23-22-15-10-6-3-7-11-15/h2-11,13,22H,12H2,1H3,(H,21,25)/b23-16-. The molecule has 1 heterocycles. The van der Waals surface area contributed by atoms with Crippen molar-refractivity contribution in [3.05, 3.63) is 66.2 Å². The highest BCUT2D eigenvalue weighted by molar-refractivity contribution is 6.82. The van der Waals surface area contributed by atoms with Crippen LogP contribution in [0.15, 0.2) is 70.8 Å². The maximum absolute atomic E-state index is 12.9. The minimum absolute atomic E-state index is 0.000506. The summed E-state index contributed by atoms with van der Waals surface area (Å²) in [5.74, 6) is -0.746. The number of amides is 1. The molecule has 0 spiro atoms. The first kappa shape index (κ1) is 16.6. The summed E-state index contributed by atoms with van der Waals surface area (Å²) < 4.78 is 0. The lowest BCUT2D eigenvalue weighted by Gasteiger charge is -2.19. The average Bonchev–Trinajstić information content (AvgIpc) is 2.64. The van der Waals surface area contributed by atoms with E-state index in [4.69, 9.17) is 0 Å². The van der Waals surface area contributed by atoms with E-state index in [0.29, 0.717) is 17.8 Å². The predicted octanol–water partition coefficient (Wildman–Crippen LogP) is 2.30. The highest BCUT2D eigenvalue weighted by atomic mass is 16.2. The monoisotopic (exact) mass is 334 g/mol. The van der Waals surface area contributed by atoms with Gasteiger partial charge in [-0.05, 0) is 19.1 Å². The summed E-state index contributed by atoms with van der Waals surface area (Å²) in [7, 11) is 0. The van der Waals surface area contributed by atoms with Gasteiger partial charge in [0.2, 0.25) is 5.78 Å². The molecular weight excluding hydrogens is 316 g/mol. The predicted molar refractivity (Wildman–Crippen MR) is 98.2 cm³/mol. The number of carbonyl (C=O) groups is 2. The molecule has 0 bridgehead atoms. The van der Waals surface area contributed by atoms with Gasteiger partial charge in [0.15, 0.2) is 11.4 Å². The molecule has 1 unspecified atom stereocenters. The minimum Gasteiger partial charge on any atom is -0.346 e. The van der Waals surface area contributed by atoms with Crippen LogP contribution in [-0.2, 0) is 4.79 Å². The van der Waals surface area contributed by atoms with Gasteiger partial charge in [-0.25, -0.2) is 0 Å². The molecule has 2 aromatic rings. The van der Waals surface area contributed by atoms with Gasteiger partial charge >= 0.3 is 0 Å². The molecule has 1 aliphatic heterocycles. The lowest BCUT2D eigenvalue weighted by atomic mass is 10.0. The van der Waals surface area contributed by atoms with Crippen LogP contribution >= 0.6 is 0 Å². The van der Waals surface area contributed by atoms with Crippen LogP contribution in [0.5, 0.6) is 0 Å². The molecule has 0 saturated carbocycles. The van der Waals surface area contributed by atoms with E-state index >= 15 is 0 Å². The maximum atomic E-state index is 12.9. The van der Waals surface area contributed by atoms with Crippen LogP contribution in [0.3, 0.4) is 0 Å². The van der Waals surface area contributed by atoms with Crippen LogP contribution in [0.4, 0.5) is 5.69 Å². The number of rotatable bonds is 5. The van der Waals surface area contributed by atoms with Crippen molar-refractivity contribution in [2.45, 2.75) is 13.0 Å². The Morgan fingerprint density at radius 3 is 2.40 bits per heavy atom. The van der Waals surface area contributed by atoms with Crippen molar-refractivity contribution in [2.24, 2.45) is 10.1 Å². The average molecular weight is 334 g/mol. The van der Waals surface area contributed by atoms with E-state index in [1.807, 2.05) is 43.3 Å². The number of benzene rings is 2. The molecule has 6 nitrogen and oxygen atoms in total. The van der Waals surface area contributed by atoms with Crippen LogP contribution in [0, 0.1) is 0 Å². The molecule has 0 radical (unpaired) electrons. The third-order valence-electron chi connectivity index (χ3n) is 3.66. The number of hydrazone groups is 1. The first-order valence-electron chi connectivity index (χ1n) is 7.99. The second-order valence-electron chi connectivity index (χ2n) is 5.70. The number of nitrogens with one attached hydrogen (secondary N) is 2. The molecule has 6 heteroatoms. The number of hydrogen-bond acceptors (Lipinski definition) is 5. The third kappa shape index (κ3) is 3.98. The van der Waals surface area contributed by atoms with E-state index < -0.39 is 5.91 Å². The largest absolute Gasteiger partial charge is 0.346 e. The van der Waals surface area contributed by atoms with Gasteiger partial charge in [0.1, 0.15) is 0 Å². The summed E-state index contributed by atoms with van der Waals surface area (Å²) in [6, 6.07) is 17.9. The van der Waals surface area contributed by atoms with Crippen molar-refractivity contribution >= 4 is 28.8 Å². The van der Waals surface area contributed by atoms with Crippen molar-refractivity contribution in [3.8, 4) is 0 Å². The molecule has 25 heavy (non-hydrogen) atoms. The molecule has 126 valence electrons. The van der Waals surface area contributed by atoms with E-state index in [1.165, 1.54) is 0 Å². The fraction of sp³-hybridized carbons (Fsp3) is 0.158. The second-order valence-corrected chi connectivity index (χ2v) is 5.70. The van der Waals surface area contributed by atoms with E-state index in [9.17, 15) is 9.59 Å². The van der Waals surface area contributed by atoms with Crippen molar-refractivity contribution in [2.75, 3.05) is 12.0 Å². The number of nitrogens with zero attached hydrogens (tertiary/aromatic N) is 2. The fourth-order valence-corrected chi connectivity index (χ4v) is 2.39. The molecule has 1 atom stereocenters. The highest BCUT2D eigenvalue weighted by Crippen LogP contribution is 2.09. The van der Waals surface area contributed by atoms with Gasteiger partial charge in [-0.2, -0.15) is 5.10 Å². The maximum Gasteiger partial charge on any atom is 0.272 e. The lowest BCUT2D eigenvalue weighted by Crippen LogP contribution is -2.48.